The lowest BCUT2D eigenvalue weighted by Crippen LogP contribution is -2.47. The summed E-state index contributed by atoms with van der Waals surface area (Å²) in [5.74, 6) is 1.19. The van der Waals surface area contributed by atoms with Gasteiger partial charge in [0.2, 0.25) is 5.95 Å². The van der Waals surface area contributed by atoms with Crippen LogP contribution in [0.3, 0.4) is 0 Å². The van der Waals surface area contributed by atoms with Crippen LogP contribution in [0.4, 0.5) is 17.3 Å². The zero-order chi connectivity index (χ0) is 23.5. The Morgan fingerprint density at radius 3 is 2.74 bits per heavy atom. The number of methoxy groups -OCH3 is 1. The second-order valence-electron chi connectivity index (χ2n) is 8.02. The molecule has 4 aromatic rings. The third kappa shape index (κ3) is 4.56. The highest BCUT2D eigenvalue weighted by molar-refractivity contribution is 9.10. The third-order valence-electron chi connectivity index (χ3n) is 5.99. The van der Waals surface area contributed by atoms with Crippen LogP contribution in [-0.2, 0) is 0 Å². The lowest BCUT2D eigenvalue weighted by Gasteiger charge is -2.36. The maximum absolute atomic E-state index is 9.16. The van der Waals surface area contributed by atoms with Crippen molar-refractivity contribution in [1.82, 2.24) is 24.3 Å². The molecule has 3 aromatic heterocycles. The molecule has 34 heavy (non-hydrogen) atoms. The molecule has 5 rings (SSSR count). The summed E-state index contributed by atoms with van der Waals surface area (Å²) >= 11 is 3.58. The number of fused-ring (bicyclic) bond motifs is 1. The molecule has 1 fully saturated rings. The van der Waals surface area contributed by atoms with E-state index in [1.807, 2.05) is 47.1 Å². The van der Waals surface area contributed by atoms with Crippen molar-refractivity contribution in [1.29, 1.82) is 0 Å². The Morgan fingerprint density at radius 1 is 1.09 bits per heavy atom. The van der Waals surface area contributed by atoms with E-state index in [9.17, 15) is 0 Å². The van der Waals surface area contributed by atoms with E-state index >= 15 is 0 Å². The fourth-order valence-electron chi connectivity index (χ4n) is 4.19. The first-order chi connectivity index (χ1) is 16.7. The second-order valence-corrected chi connectivity index (χ2v) is 8.88. The maximum Gasteiger partial charge on any atom is 0.227 e. The largest absolute Gasteiger partial charge is 0.494 e. The Kier molecular flexibility index (Phi) is 6.61. The molecule has 0 spiro atoms. The molecule has 1 saturated heterocycles. The molecule has 1 aromatic carbocycles. The van der Waals surface area contributed by atoms with Crippen LogP contribution in [0.2, 0.25) is 0 Å². The Morgan fingerprint density at radius 2 is 1.94 bits per heavy atom. The number of halogens is 1. The normalized spacial score (nSPS) is 14.5. The summed E-state index contributed by atoms with van der Waals surface area (Å²) in [5, 5.41) is 12.5. The Labute approximate surface area is 206 Å². The molecule has 0 bridgehead atoms. The summed E-state index contributed by atoms with van der Waals surface area (Å²) in [6.07, 6.45) is 5.51. The number of pyridine rings is 1. The van der Waals surface area contributed by atoms with Crippen molar-refractivity contribution in [2.45, 2.75) is 0 Å². The van der Waals surface area contributed by atoms with Gasteiger partial charge in [-0.05, 0) is 40.2 Å². The molecule has 2 N–H and O–H groups in total. The number of imidazole rings is 1. The van der Waals surface area contributed by atoms with E-state index in [2.05, 4.69) is 47.1 Å². The number of benzene rings is 1. The van der Waals surface area contributed by atoms with Gasteiger partial charge in [-0.15, -0.1) is 0 Å². The van der Waals surface area contributed by atoms with Crippen LogP contribution in [0.25, 0.3) is 17.0 Å². The van der Waals surface area contributed by atoms with Gasteiger partial charge in [-0.3, -0.25) is 9.30 Å². The van der Waals surface area contributed by atoms with Gasteiger partial charge in [0.25, 0.3) is 0 Å². The number of β-amino-alcohol motifs (C(OH)–C–C–N with tert-alkyl or cyclic N) is 1. The monoisotopic (exact) mass is 523 g/mol. The molecule has 176 valence electrons. The van der Waals surface area contributed by atoms with E-state index in [0.29, 0.717) is 5.95 Å². The number of anilines is 3. The molecule has 0 aliphatic carbocycles. The predicted molar refractivity (Wildman–Crippen MR) is 136 cm³/mol. The van der Waals surface area contributed by atoms with Gasteiger partial charge in [-0.2, -0.15) is 0 Å². The average Bonchev–Trinajstić information content (AvgIpc) is 3.30. The molecule has 9 nitrogen and oxygen atoms in total. The highest BCUT2D eigenvalue weighted by Gasteiger charge is 2.19. The number of hydrogen-bond donors (Lipinski definition) is 2. The minimum Gasteiger partial charge on any atom is -0.494 e. The van der Waals surface area contributed by atoms with E-state index in [1.165, 1.54) is 0 Å². The zero-order valence-corrected chi connectivity index (χ0v) is 20.4. The molecule has 0 unspecified atom stereocenters. The number of aliphatic hydroxyl groups is 1. The van der Waals surface area contributed by atoms with Crippen LogP contribution in [0, 0.1) is 0 Å². The zero-order valence-electron chi connectivity index (χ0n) is 18.9. The number of nitrogens with zero attached hydrogens (tertiary/aromatic N) is 6. The molecule has 10 heteroatoms. The SMILES string of the molecule is COc1cc(N2CCN(CCO)CC2)ccc1Nc1ncc(Br)c(-c2cnc3ccccn23)n1. The van der Waals surface area contributed by atoms with E-state index in [-0.39, 0.29) is 6.61 Å². The molecule has 4 heterocycles. The quantitative estimate of drug-likeness (QED) is 0.380. The first-order valence-electron chi connectivity index (χ1n) is 11.1. The van der Waals surface area contributed by atoms with Gasteiger partial charge in [-0.1, -0.05) is 6.07 Å². The van der Waals surface area contributed by atoms with E-state index in [0.717, 1.165) is 71.4 Å². The fraction of sp³-hybridized carbons (Fsp3) is 0.292. The molecule has 0 radical (unpaired) electrons. The van der Waals surface area contributed by atoms with Gasteiger partial charge in [0.15, 0.2) is 0 Å². The Balaban J connectivity index is 1.38. The van der Waals surface area contributed by atoms with Crippen molar-refractivity contribution < 1.29 is 9.84 Å². The number of aromatic nitrogens is 4. The topological polar surface area (TPSA) is 91.0 Å². The number of ether oxygens (including phenoxy) is 1. The number of nitrogens with one attached hydrogen (secondary N) is 1. The number of rotatable bonds is 7. The molecular weight excluding hydrogens is 498 g/mol. The number of hydrogen-bond acceptors (Lipinski definition) is 8. The third-order valence-corrected chi connectivity index (χ3v) is 6.57. The smallest absolute Gasteiger partial charge is 0.227 e. The van der Waals surface area contributed by atoms with Crippen LogP contribution >= 0.6 is 15.9 Å². The van der Waals surface area contributed by atoms with Crippen molar-refractivity contribution >= 4 is 38.9 Å². The molecule has 0 saturated carbocycles. The van der Waals surface area contributed by atoms with E-state index in [4.69, 9.17) is 14.8 Å². The summed E-state index contributed by atoms with van der Waals surface area (Å²) < 4.78 is 8.46. The van der Waals surface area contributed by atoms with Crippen LogP contribution < -0.4 is 15.0 Å². The second kappa shape index (κ2) is 9.96. The Bertz CT molecular complexity index is 1290. The average molecular weight is 524 g/mol. The van der Waals surface area contributed by atoms with Crippen LogP contribution in [0.5, 0.6) is 5.75 Å². The van der Waals surface area contributed by atoms with Crippen molar-refractivity contribution in [2.24, 2.45) is 0 Å². The number of piperazine rings is 1. The minimum atomic E-state index is 0.200. The van der Waals surface area contributed by atoms with Crippen molar-refractivity contribution in [3.8, 4) is 17.1 Å². The van der Waals surface area contributed by atoms with Crippen LogP contribution in [0.1, 0.15) is 0 Å². The summed E-state index contributed by atoms with van der Waals surface area (Å²) in [4.78, 5) is 18.3. The van der Waals surface area contributed by atoms with Gasteiger partial charge in [0.1, 0.15) is 17.1 Å². The summed E-state index contributed by atoms with van der Waals surface area (Å²) in [5.41, 5.74) is 4.36. The molecular formula is C24H26BrN7O2. The summed E-state index contributed by atoms with van der Waals surface area (Å²) in [7, 11) is 1.66. The first kappa shape index (κ1) is 22.6. The van der Waals surface area contributed by atoms with Crippen LogP contribution in [-0.4, -0.2) is 75.8 Å². The molecule has 0 atom stereocenters. The van der Waals surface area contributed by atoms with E-state index < -0.39 is 0 Å². The highest BCUT2D eigenvalue weighted by atomic mass is 79.9. The van der Waals surface area contributed by atoms with Gasteiger partial charge < -0.3 is 20.1 Å². The van der Waals surface area contributed by atoms with Gasteiger partial charge in [0, 0.05) is 56.9 Å². The lowest BCUT2D eigenvalue weighted by molar-refractivity contribution is 0.189. The summed E-state index contributed by atoms with van der Waals surface area (Å²) in [6, 6.07) is 12.0. The lowest BCUT2D eigenvalue weighted by atomic mass is 10.2. The van der Waals surface area contributed by atoms with Crippen LogP contribution in [0.15, 0.2) is 59.5 Å². The molecule has 1 aliphatic rings. The fourth-order valence-corrected chi connectivity index (χ4v) is 4.58. The Hall–Kier alpha value is -3.21. The van der Waals surface area contributed by atoms with Crippen molar-refractivity contribution in [3.05, 3.63) is 59.5 Å². The van der Waals surface area contributed by atoms with Gasteiger partial charge >= 0.3 is 0 Å². The standard InChI is InChI=1S/C24H26BrN7O2/c1-34-21-14-17(31-10-8-30(9-11-31)12-13-33)5-6-19(21)28-24-27-15-18(25)23(29-24)20-16-26-22-4-2-3-7-32(20)22/h2-7,14-16,33H,8-13H2,1H3,(H,27,28,29). The molecule has 1 aliphatic heterocycles. The first-order valence-corrected chi connectivity index (χ1v) is 11.9. The predicted octanol–water partition coefficient (Wildman–Crippen LogP) is 3.42. The van der Waals surface area contributed by atoms with Gasteiger partial charge in [-0.25, -0.2) is 15.0 Å². The molecule has 0 amide bonds. The van der Waals surface area contributed by atoms with E-state index in [1.54, 1.807) is 13.3 Å². The maximum atomic E-state index is 9.16. The van der Waals surface area contributed by atoms with Gasteiger partial charge in [0.05, 0.1) is 35.8 Å². The number of aliphatic hydroxyl groups excluding tert-OH is 1. The van der Waals surface area contributed by atoms with Crippen molar-refractivity contribution in [3.63, 3.8) is 0 Å². The van der Waals surface area contributed by atoms with Crippen molar-refractivity contribution in [2.75, 3.05) is 56.7 Å². The minimum absolute atomic E-state index is 0.200. The summed E-state index contributed by atoms with van der Waals surface area (Å²) in [6.45, 7) is 4.61. The highest BCUT2D eigenvalue weighted by Crippen LogP contribution is 2.33.